The highest BCUT2D eigenvalue weighted by molar-refractivity contribution is 6.35. The van der Waals surface area contributed by atoms with E-state index in [2.05, 4.69) is 0 Å². The van der Waals surface area contributed by atoms with Crippen molar-refractivity contribution >= 4 is 23.4 Å². The van der Waals surface area contributed by atoms with Crippen molar-refractivity contribution in [3.05, 3.63) is 70.8 Å². The fraction of sp³-hybridized carbons (Fsp3) is 0.407. The molecule has 6 nitrogen and oxygen atoms in total. The van der Waals surface area contributed by atoms with E-state index in [-0.39, 0.29) is 23.1 Å². The second-order valence-corrected chi connectivity index (χ2v) is 9.73. The number of Topliss-reactive ketones (excluding diaryl/α,β-unsaturated/α-hetero) is 2. The summed E-state index contributed by atoms with van der Waals surface area (Å²) in [6.07, 6.45) is 3.71. The number of fused-ring (bicyclic) bond motifs is 3. The minimum Gasteiger partial charge on any atom is -0.349 e. The van der Waals surface area contributed by atoms with Gasteiger partial charge >= 0.3 is 0 Å². The number of hydrogen-bond donors (Lipinski definition) is 0. The summed E-state index contributed by atoms with van der Waals surface area (Å²) < 4.78 is 6.33. The van der Waals surface area contributed by atoms with Crippen molar-refractivity contribution in [1.29, 1.82) is 0 Å². The number of aryl methyl sites for hydroxylation is 1. The fourth-order valence-electron chi connectivity index (χ4n) is 6.39. The number of carbonyl (C=O) groups excluding carboxylic acids is 4. The molecule has 2 aromatic rings. The Morgan fingerprint density at radius 3 is 2.15 bits per heavy atom. The van der Waals surface area contributed by atoms with Gasteiger partial charge in [-0.1, -0.05) is 73.4 Å². The van der Waals surface area contributed by atoms with Crippen LogP contribution in [0.4, 0.5) is 0 Å². The molecule has 0 unspecified atom stereocenters. The van der Waals surface area contributed by atoms with E-state index in [1.807, 2.05) is 31.2 Å². The van der Waals surface area contributed by atoms with E-state index in [0.717, 1.165) is 37.7 Å². The third-order valence-electron chi connectivity index (χ3n) is 7.86. The number of carbonyl (C=O) groups is 4. The van der Waals surface area contributed by atoms with E-state index in [0.29, 0.717) is 5.56 Å². The lowest BCUT2D eigenvalue weighted by atomic mass is 9.77. The second-order valence-electron chi connectivity index (χ2n) is 9.73. The van der Waals surface area contributed by atoms with Crippen molar-refractivity contribution in [1.82, 2.24) is 4.90 Å². The van der Waals surface area contributed by atoms with Gasteiger partial charge in [0, 0.05) is 17.2 Å². The quantitative estimate of drug-likeness (QED) is 0.521. The van der Waals surface area contributed by atoms with Gasteiger partial charge in [-0.05, 0) is 25.3 Å². The maximum absolute atomic E-state index is 13.9. The lowest BCUT2D eigenvalue weighted by Crippen LogP contribution is -2.52. The molecule has 2 aromatic carbocycles. The number of ether oxygens (including phenoxy) is 1. The van der Waals surface area contributed by atoms with Crippen LogP contribution in [-0.2, 0) is 14.3 Å². The molecule has 0 aromatic heterocycles. The zero-order chi connectivity index (χ0) is 22.9. The first-order valence-electron chi connectivity index (χ1n) is 11.7. The molecule has 1 spiro atoms. The predicted octanol–water partition coefficient (Wildman–Crippen LogP) is 3.82. The van der Waals surface area contributed by atoms with Crippen LogP contribution in [0.3, 0.4) is 0 Å². The van der Waals surface area contributed by atoms with Crippen LogP contribution in [0.2, 0.25) is 0 Å². The fourth-order valence-corrected chi connectivity index (χ4v) is 6.39. The van der Waals surface area contributed by atoms with Gasteiger partial charge < -0.3 is 4.74 Å². The summed E-state index contributed by atoms with van der Waals surface area (Å²) in [4.78, 5) is 56.5. The standard InChI is InChI=1S/C27H25NO5/c1-15-8-7-9-16(14-15)22-20-21(26(32)28(25(20)31)17-10-3-2-4-11-17)27(33-22)23(29)18-12-5-6-13-19(18)24(27)30/h5-9,12-14,17,20-22H,2-4,10-11H2,1H3/t20-,21-,22+/m1/s1. The molecule has 6 heteroatoms. The number of nitrogens with zero attached hydrogens (tertiary/aromatic N) is 1. The molecule has 2 heterocycles. The van der Waals surface area contributed by atoms with Crippen molar-refractivity contribution in [2.75, 3.05) is 0 Å². The minimum atomic E-state index is -1.97. The third kappa shape index (κ3) is 2.64. The Hall–Kier alpha value is -3.12. The van der Waals surface area contributed by atoms with Crippen molar-refractivity contribution in [2.45, 2.75) is 56.8 Å². The molecule has 6 rings (SSSR count). The van der Waals surface area contributed by atoms with Gasteiger partial charge in [-0.15, -0.1) is 0 Å². The molecule has 2 aliphatic carbocycles. The first kappa shape index (κ1) is 20.5. The topological polar surface area (TPSA) is 80.8 Å². The number of imide groups is 1. The lowest BCUT2D eigenvalue weighted by molar-refractivity contribution is -0.148. The summed E-state index contributed by atoms with van der Waals surface area (Å²) in [5.41, 5.74) is 0.246. The van der Waals surface area contributed by atoms with Crippen LogP contribution in [0.25, 0.3) is 0 Å². The Morgan fingerprint density at radius 1 is 0.848 bits per heavy atom. The first-order chi connectivity index (χ1) is 15.9. The summed E-state index contributed by atoms with van der Waals surface area (Å²) in [6.45, 7) is 1.93. The Morgan fingerprint density at radius 2 is 1.52 bits per heavy atom. The van der Waals surface area contributed by atoms with Crippen LogP contribution in [-0.4, -0.2) is 39.9 Å². The number of rotatable bonds is 2. The van der Waals surface area contributed by atoms with E-state index in [4.69, 9.17) is 4.74 Å². The van der Waals surface area contributed by atoms with Gasteiger partial charge in [0.25, 0.3) is 0 Å². The van der Waals surface area contributed by atoms with Gasteiger partial charge in [-0.2, -0.15) is 0 Å². The monoisotopic (exact) mass is 443 g/mol. The van der Waals surface area contributed by atoms with Gasteiger partial charge in [0.05, 0.1) is 17.9 Å². The average molecular weight is 443 g/mol. The van der Waals surface area contributed by atoms with E-state index in [1.54, 1.807) is 24.3 Å². The number of benzene rings is 2. The van der Waals surface area contributed by atoms with Gasteiger partial charge in [-0.25, -0.2) is 0 Å². The number of amides is 2. The Balaban J connectivity index is 1.51. The highest BCUT2D eigenvalue weighted by Gasteiger charge is 2.75. The Labute approximate surface area is 191 Å². The Bertz CT molecular complexity index is 1180. The minimum absolute atomic E-state index is 0.173. The van der Waals surface area contributed by atoms with E-state index >= 15 is 0 Å². The summed E-state index contributed by atoms with van der Waals surface area (Å²) >= 11 is 0. The van der Waals surface area contributed by atoms with Crippen LogP contribution in [0, 0.1) is 18.8 Å². The summed E-state index contributed by atoms with van der Waals surface area (Å²) in [6, 6.07) is 14.0. The molecule has 0 N–H and O–H groups in total. The molecule has 2 amide bonds. The Kier molecular flexibility index (Phi) is 4.46. The molecule has 4 aliphatic rings. The normalized spacial score (nSPS) is 28.6. The number of hydrogen-bond acceptors (Lipinski definition) is 5. The van der Waals surface area contributed by atoms with E-state index < -0.39 is 41.0 Å². The summed E-state index contributed by atoms with van der Waals surface area (Å²) in [5.74, 6) is -3.76. The molecule has 0 bridgehead atoms. The zero-order valence-corrected chi connectivity index (χ0v) is 18.5. The molecular weight excluding hydrogens is 418 g/mol. The van der Waals surface area contributed by atoms with Gasteiger partial charge in [0.2, 0.25) is 29.0 Å². The van der Waals surface area contributed by atoms with Gasteiger partial charge in [0.1, 0.15) is 0 Å². The molecule has 0 radical (unpaired) electrons. The van der Waals surface area contributed by atoms with E-state index in [9.17, 15) is 19.2 Å². The van der Waals surface area contributed by atoms with Crippen LogP contribution in [0.15, 0.2) is 48.5 Å². The van der Waals surface area contributed by atoms with Crippen LogP contribution < -0.4 is 0 Å². The lowest BCUT2D eigenvalue weighted by Gasteiger charge is -2.33. The number of ketones is 2. The highest BCUT2D eigenvalue weighted by atomic mass is 16.5. The zero-order valence-electron chi connectivity index (χ0n) is 18.5. The van der Waals surface area contributed by atoms with Crippen LogP contribution in [0.5, 0.6) is 0 Å². The molecule has 3 atom stereocenters. The van der Waals surface area contributed by atoms with Crippen molar-refractivity contribution < 1.29 is 23.9 Å². The highest BCUT2D eigenvalue weighted by Crippen LogP contribution is 2.57. The van der Waals surface area contributed by atoms with Crippen molar-refractivity contribution in [3.63, 3.8) is 0 Å². The maximum atomic E-state index is 13.9. The molecular formula is C27H25NO5. The average Bonchev–Trinajstić information content (AvgIpc) is 3.40. The van der Waals surface area contributed by atoms with Gasteiger partial charge in [-0.3, -0.25) is 24.1 Å². The molecule has 2 aliphatic heterocycles. The van der Waals surface area contributed by atoms with E-state index in [1.165, 1.54) is 4.90 Å². The molecule has 168 valence electrons. The predicted molar refractivity (Wildman–Crippen MR) is 119 cm³/mol. The number of likely N-dealkylation sites (tertiary alicyclic amines) is 1. The third-order valence-corrected chi connectivity index (χ3v) is 7.86. The second kappa shape index (κ2) is 7.19. The maximum Gasteiger partial charge on any atom is 0.237 e. The summed E-state index contributed by atoms with van der Waals surface area (Å²) in [5, 5.41) is 0. The van der Waals surface area contributed by atoms with Crippen molar-refractivity contribution in [3.8, 4) is 0 Å². The van der Waals surface area contributed by atoms with Gasteiger partial charge in [0.15, 0.2) is 0 Å². The smallest absolute Gasteiger partial charge is 0.237 e. The molecule has 2 saturated heterocycles. The van der Waals surface area contributed by atoms with Crippen molar-refractivity contribution in [2.24, 2.45) is 11.8 Å². The molecule has 1 saturated carbocycles. The summed E-state index contributed by atoms with van der Waals surface area (Å²) in [7, 11) is 0. The molecule has 3 fully saturated rings. The largest absolute Gasteiger partial charge is 0.349 e. The SMILES string of the molecule is Cc1cccc([C@@H]2OC3(C(=O)c4ccccc4C3=O)[C@H]3C(=O)N(C4CCCCC4)C(=O)[C@@H]23)c1. The van der Waals surface area contributed by atoms with Crippen LogP contribution in [0.1, 0.15) is 70.1 Å². The molecule has 33 heavy (non-hydrogen) atoms. The van der Waals surface area contributed by atoms with Crippen LogP contribution >= 0.6 is 0 Å². The first-order valence-corrected chi connectivity index (χ1v) is 11.7.